The number of nitrogens with zero attached hydrogens (tertiary/aromatic N) is 5. The minimum atomic E-state index is -2.98. The predicted octanol–water partition coefficient (Wildman–Crippen LogP) is 4.47. The second-order valence-corrected chi connectivity index (χ2v) is 14.1. The molecule has 2 aliphatic heterocycles. The predicted molar refractivity (Wildman–Crippen MR) is 143 cm³/mol. The van der Waals surface area contributed by atoms with Crippen LogP contribution in [-0.2, 0) is 15.3 Å². The third kappa shape index (κ3) is 3.43. The molecule has 0 aromatic carbocycles. The summed E-state index contributed by atoms with van der Waals surface area (Å²) in [6, 6.07) is 5.98. The molecular formula is C25H29ClFN7O2S. The molecule has 3 atom stereocenters. The van der Waals surface area contributed by atoms with Gasteiger partial charge in [0.1, 0.15) is 39.1 Å². The maximum atomic E-state index is 15.4. The van der Waals surface area contributed by atoms with Crippen molar-refractivity contribution < 1.29 is 13.4 Å². The molecule has 2 unspecified atom stereocenters. The van der Waals surface area contributed by atoms with E-state index in [4.69, 9.17) is 22.3 Å². The zero-order valence-corrected chi connectivity index (χ0v) is 22.9. The standard InChI is InChI=1S/C25H29ClFN7O2S/c1-14-19(32-18-10-7-15(26)13-34(14)18)21(35)31-17-9-8-16(27)20(30-17)25(5)24(4)11-6-12-29-37(24,36)23(2,3)22(28)33-25/h7-10,13H,6,11-12H2,1-5H3,(H2,28,33)(H,30,31,35)/t24?,25-,37?/m1/s1. The van der Waals surface area contributed by atoms with Gasteiger partial charge < -0.3 is 15.5 Å². The Balaban J connectivity index is 1.59. The first-order valence-electron chi connectivity index (χ1n) is 12.0. The number of fused-ring (bicyclic) bond motifs is 2. The third-order valence-electron chi connectivity index (χ3n) is 7.96. The Morgan fingerprint density at radius 2 is 1.92 bits per heavy atom. The summed E-state index contributed by atoms with van der Waals surface area (Å²) in [5.74, 6) is -0.900. The number of nitrogens with two attached hydrogens (primary N) is 1. The molecule has 5 heterocycles. The van der Waals surface area contributed by atoms with Crippen molar-refractivity contribution in [2.75, 3.05) is 11.9 Å². The van der Waals surface area contributed by atoms with Crippen molar-refractivity contribution >= 4 is 44.5 Å². The van der Waals surface area contributed by atoms with E-state index in [0.717, 1.165) is 0 Å². The van der Waals surface area contributed by atoms with Crippen molar-refractivity contribution in [3.8, 4) is 0 Å². The highest BCUT2D eigenvalue weighted by atomic mass is 35.5. The molecule has 0 bridgehead atoms. The van der Waals surface area contributed by atoms with Gasteiger partial charge in [0.25, 0.3) is 5.91 Å². The summed E-state index contributed by atoms with van der Waals surface area (Å²) in [4.78, 5) is 26.8. The number of amides is 1. The number of aliphatic imine (C=N–C) groups is 1. The molecule has 0 saturated carbocycles. The van der Waals surface area contributed by atoms with Crippen LogP contribution in [0.25, 0.3) is 5.65 Å². The Morgan fingerprint density at radius 3 is 2.65 bits per heavy atom. The zero-order valence-electron chi connectivity index (χ0n) is 21.3. The Morgan fingerprint density at radius 1 is 1.19 bits per heavy atom. The number of hydrogen-bond acceptors (Lipinski definition) is 7. The zero-order chi connectivity index (χ0) is 27.0. The molecule has 3 aromatic rings. The number of imidazole rings is 1. The van der Waals surface area contributed by atoms with Crippen LogP contribution in [0.4, 0.5) is 10.2 Å². The summed E-state index contributed by atoms with van der Waals surface area (Å²) in [7, 11) is -2.98. The summed E-state index contributed by atoms with van der Waals surface area (Å²) in [6.45, 7) is 9.25. The van der Waals surface area contributed by atoms with Gasteiger partial charge >= 0.3 is 0 Å². The number of hydrogen-bond donors (Lipinski definition) is 2. The lowest BCUT2D eigenvalue weighted by Gasteiger charge is -2.54. The lowest BCUT2D eigenvalue weighted by molar-refractivity contribution is 0.102. The summed E-state index contributed by atoms with van der Waals surface area (Å²) < 4.78 is 34.2. The van der Waals surface area contributed by atoms with Crippen molar-refractivity contribution in [1.82, 2.24) is 14.4 Å². The molecule has 0 saturated heterocycles. The van der Waals surface area contributed by atoms with Crippen LogP contribution < -0.4 is 11.1 Å². The van der Waals surface area contributed by atoms with Crippen LogP contribution in [-0.4, -0.2) is 46.4 Å². The van der Waals surface area contributed by atoms with E-state index in [-0.39, 0.29) is 23.0 Å². The molecule has 0 fully saturated rings. The quantitative estimate of drug-likeness (QED) is 0.502. The number of pyridine rings is 2. The van der Waals surface area contributed by atoms with Gasteiger partial charge in [0.05, 0.1) is 25.2 Å². The molecule has 2 aliphatic rings. The van der Waals surface area contributed by atoms with E-state index in [9.17, 15) is 9.00 Å². The largest absolute Gasteiger partial charge is 0.386 e. The Labute approximate surface area is 219 Å². The van der Waals surface area contributed by atoms with E-state index >= 15 is 4.39 Å². The maximum Gasteiger partial charge on any atom is 0.277 e. The molecule has 5 rings (SSSR count). The van der Waals surface area contributed by atoms with E-state index in [2.05, 4.69) is 19.6 Å². The highest BCUT2D eigenvalue weighted by Gasteiger charge is 2.64. The van der Waals surface area contributed by atoms with Crippen LogP contribution in [0.5, 0.6) is 0 Å². The molecule has 0 radical (unpaired) electrons. The monoisotopic (exact) mass is 545 g/mol. The normalized spacial score (nSPS) is 28.8. The average molecular weight is 546 g/mol. The van der Waals surface area contributed by atoms with Crippen molar-refractivity contribution in [3.05, 3.63) is 58.4 Å². The summed E-state index contributed by atoms with van der Waals surface area (Å²) >= 11 is 6.08. The van der Waals surface area contributed by atoms with Gasteiger partial charge in [-0.2, -0.15) is 0 Å². The lowest BCUT2D eigenvalue weighted by Crippen LogP contribution is -2.67. The van der Waals surface area contributed by atoms with E-state index in [0.29, 0.717) is 35.8 Å². The van der Waals surface area contributed by atoms with Crippen LogP contribution in [0.2, 0.25) is 5.02 Å². The van der Waals surface area contributed by atoms with Gasteiger partial charge in [0.15, 0.2) is 5.69 Å². The molecule has 12 heteroatoms. The topological polar surface area (TPSA) is 127 Å². The number of aromatic nitrogens is 3. The van der Waals surface area contributed by atoms with Crippen LogP contribution in [0, 0.1) is 12.7 Å². The van der Waals surface area contributed by atoms with Gasteiger partial charge in [-0.1, -0.05) is 11.6 Å². The molecule has 3 aromatic heterocycles. The van der Waals surface area contributed by atoms with E-state index in [1.807, 2.05) is 6.92 Å². The lowest BCUT2D eigenvalue weighted by atomic mass is 9.79. The minimum Gasteiger partial charge on any atom is -0.386 e. The number of amidine groups is 1. The molecule has 0 spiro atoms. The van der Waals surface area contributed by atoms with Crippen molar-refractivity contribution in [2.24, 2.45) is 15.1 Å². The summed E-state index contributed by atoms with van der Waals surface area (Å²) in [6.07, 6.45) is 2.86. The Hall–Kier alpha value is -3.05. The van der Waals surface area contributed by atoms with Crippen LogP contribution in [0.1, 0.15) is 62.4 Å². The summed E-state index contributed by atoms with van der Waals surface area (Å²) in [5, 5.41) is 3.23. The highest BCUT2D eigenvalue weighted by molar-refractivity contribution is 7.97. The molecule has 3 N–H and O–H groups in total. The van der Waals surface area contributed by atoms with Crippen molar-refractivity contribution in [1.29, 1.82) is 0 Å². The molecule has 37 heavy (non-hydrogen) atoms. The van der Waals surface area contributed by atoms with Crippen LogP contribution in [0.3, 0.4) is 0 Å². The highest BCUT2D eigenvalue weighted by Crippen LogP contribution is 2.54. The fourth-order valence-electron chi connectivity index (χ4n) is 5.45. The van der Waals surface area contributed by atoms with E-state index in [1.165, 1.54) is 12.1 Å². The molecular weight excluding hydrogens is 517 g/mol. The van der Waals surface area contributed by atoms with Gasteiger partial charge in [0.2, 0.25) is 0 Å². The average Bonchev–Trinajstić information content (AvgIpc) is 3.17. The van der Waals surface area contributed by atoms with Gasteiger partial charge in [-0.3, -0.25) is 9.79 Å². The van der Waals surface area contributed by atoms with Crippen LogP contribution >= 0.6 is 11.6 Å². The number of rotatable bonds is 3. The Bertz CT molecular complexity index is 1620. The van der Waals surface area contributed by atoms with Gasteiger partial charge in [0, 0.05) is 12.7 Å². The first-order valence-corrected chi connectivity index (χ1v) is 13.8. The second-order valence-electron chi connectivity index (χ2n) is 10.4. The number of anilines is 1. The second kappa shape index (κ2) is 8.22. The smallest absolute Gasteiger partial charge is 0.277 e. The SMILES string of the molecule is Cc1c(C(=O)Nc2ccc(F)c([C@@]3(C)N=C(N)C(C)(C)S4(=O)=NCCCC34C)n2)nc2ccc(Cl)cn12. The molecule has 0 aliphatic carbocycles. The maximum absolute atomic E-state index is 15.4. The third-order valence-corrected chi connectivity index (χ3v) is 12.1. The summed E-state index contributed by atoms with van der Waals surface area (Å²) in [5.41, 5.74) is 6.26. The number of nitrogens with one attached hydrogen (secondary N) is 1. The Kier molecular flexibility index (Phi) is 5.69. The first-order chi connectivity index (χ1) is 17.2. The number of carbonyl (C=O) groups is 1. The van der Waals surface area contributed by atoms with Crippen LogP contribution in [0.15, 0.2) is 39.8 Å². The van der Waals surface area contributed by atoms with E-state index in [1.54, 1.807) is 50.4 Å². The number of halogens is 2. The fraction of sp³-hybridized carbons (Fsp3) is 0.440. The van der Waals surface area contributed by atoms with Crippen molar-refractivity contribution in [3.63, 3.8) is 0 Å². The van der Waals surface area contributed by atoms with Crippen molar-refractivity contribution in [2.45, 2.75) is 62.5 Å². The minimum absolute atomic E-state index is 0.0467. The number of carbonyl (C=O) groups excluding carboxylic acids is 1. The van der Waals surface area contributed by atoms with Gasteiger partial charge in [-0.25, -0.2) is 22.9 Å². The molecule has 9 nitrogen and oxygen atoms in total. The van der Waals surface area contributed by atoms with E-state index < -0.39 is 36.5 Å². The first kappa shape index (κ1) is 25.6. The molecule has 1 amide bonds. The van der Waals surface area contributed by atoms with Gasteiger partial charge in [-0.05, 0) is 71.7 Å². The van der Waals surface area contributed by atoms with Gasteiger partial charge in [-0.15, -0.1) is 0 Å². The molecule has 196 valence electrons. The number of aryl methyl sites for hydroxylation is 1. The fourth-order valence-corrected chi connectivity index (χ4v) is 9.16.